The zero-order valence-electron chi connectivity index (χ0n) is 11.8. The van der Waals surface area contributed by atoms with E-state index in [1.165, 1.54) is 0 Å². The number of nitrogens with one attached hydrogen (secondary N) is 1. The molecule has 0 atom stereocenters. The summed E-state index contributed by atoms with van der Waals surface area (Å²) < 4.78 is 16.0. The standard InChI is InChI=1S/C11H28N2O3Si/c1-11(2,12)7-9-13-8-6-10-17(14-3,15-4)16-5/h13H,6-10,12H2,1-5H3. The molecule has 0 bridgehead atoms. The summed E-state index contributed by atoms with van der Waals surface area (Å²) in [6.07, 6.45) is 1.95. The van der Waals surface area contributed by atoms with Gasteiger partial charge in [-0.3, -0.25) is 0 Å². The third-order valence-corrected chi connectivity index (χ3v) is 5.55. The zero-order chi connectivity index (χ0) is 13.4. The van der Waals surface area contributed by atoms with Gasteiger partial charge in [-0.25, -0.2) is 0 Å². The summed E-state index contributed by atoms with van der Waals surface area (Å²) in [6, 6.07) is 0.829. The van der Waals surface area contributed by atoms with Crippen molar-refractivity contribution in [3.05, 3.63) is 0 Å². The van der Waals surface area contributed by atoms with Crippen LogP contribution in [-0.2, 0) is 13.3 Å². The first-order chi connectivity index (χ1) is 7.89. The highest BCUT2D eigenvalue weighted by Gasteiger charge is 2.36. The third kappa shape index (κ3) is 7.85. The average Bonchev–Trinajstić information content (AvgIpc) is 2.28. The smallest absolute Gasteiger partial charge is 0.377 e. The van der Waals surface area contributed by atoms with Crippen molar-refractivity contribution >= 4 is 8.80 Å². The van der Waals surface area contributed by atoms with Crippen LogP contribution >= 0.6 is 0 Å². The van der Waals surface area contributed by atoms with Crippen molar-refractivity contribution in [1.82, 2.24) is 5.32 Å². The van der Waals surface area contributed by atoms with Crippen molar-refractivity contribution in [3.63, 3.8) is 0 Å². The molecule has 0 heterocycles. The minimum absolute atomic E-state index is 0.100. The van der Waals surface area contributed by atoms with Crippen LogP contribution in [0, 0.1) is 0 Å². The molecule has 5 nitrogen and oxygen atoms in total. The van der Waals surface area contributed by atoms with Gasteiger partial charge in [-0.15, -0.1) is 0 Å². The summed E-state index contributed by atoms with van der Waals surface area (Å²) in [7, 11) is 2.55. The van der Waals surface area contributed by atoms with Crippen molar-refractivity contribution in [2.45, 2.75) is 38.3 Å². The van der Waals surface area contributed by atoms with E-state index >= 15 is 0 Å². The summed E-state index contributed by atoms with van der Waals surface area (Å²) in [5, 5.41) is 3.36. The molecule has 0 aromatic rings. The molecule has 0 aliphatic rings. The van der Waals surface area contributed by atoms with Gasteiger partial charge in [0.15, 0.2) is 0 Å². The van der Waals surface area contributed by atoms with Crippen molar-refractivity contribution in [2.24, 2.45) is 5.73 Å². The SMILES string of the molecule is CO[Si](CCCNCCC(C)(C)N)(OC)OC. The molecular weight excluding hydrogens is 236 g/mol. The van der Waals surface area contributed by atoms with Gasteiger partial charge in [0.05, 0.1) is 0 Å². The second kappa shape index (κ2) is 8.18. The number of hydrogen-bond acceptors (Lipinski definition) is 5. The normalized spacial score (nSPS) is 13.1. The van der Waals surface area contributed by atoms with Crippen LogP contribution in [0.2, 0.25) is 6.04 Å². The molecule has 0 aliphatic heterocycles. The highest BCUT2D eigenvalue weighted by molar-refractivity contribution is 6.60. The first-order valence-electron chi connectivity index (χ1n) is 6.04. The monoisotopic (exact) mass is 264 g/mol. The minimum atomic E-state index is -2.38. The lowest BCUT2D eigenvalue weighted by Gasteiger charge is -2.24. The first kappa shape index (κ1) is 17.0. The van der Waals surface area contributed by atoms with Crippen LogP contribution in [0.1, 0.15) is 26.7 Å². The molecule has 0 saturated heterocycles. The molecule has 0 rings (SSSR count). The van der Waals surface area contributed by atoms with E-state index in [2.05, 4.69) is 5.32 Å². The Bertz CT molecular complexity index is 185. The molecule has 0 unspecified atom stereocenters. The molecule has 0 radical (unpaired) electrons. The molecule has 0 fully saturated rings. The second-order valence-electron chi connectivity index (χ2n) is 4.89. The van der Waals surface area contributed by atoms with E-state index in [9.17, 15) is 0 Å². The maximum Gasteiger partial charge on any atom is 0.500 e. The summed E-state index contributed by atoms with van der Waals surface area (Å²) in [6.45, 7) is 5.94. The molecule has 0 amide bonds. The molecule has 6 heteroatoms. The van der Waals surface area contributed by atoms with E-state index < -0.39 is 8.80 Å². The van der Waals surface area contributed by atoms with E-state index in [0.717, 1.165) is 32.0 Å². The van der Waals surface area contributed by atoms with Crippen LogP contribution in [0.25, 0.3) is 0 Å². The molecule has 0 spiro atoms. The lowest BCUT2D eigenvalue weighted by atomic mass is 10.0. The maximum atomic E-state index is 5.89. The Kier molecular flexibility index (Phi) is 8.19. The van der Waals surface area contributed by atoms with Gasteiger partial charge in [0, 0.05) is 32.9 Å². The maximum absolute atomic E-state index is 5.89. The van der Waals surface area contributed by atoms with Crippen LogP contribution in [0.5, 0.6) is 0 Å². The van der Waals surface area contributed by atoms with Crippen LogP contribution in [0.15, 0.2) is 0 Å². The molecule has 0 aromatic heterocycles. The molecule has 0 aromatic carbocycles. The van der Waals surface area contributed by atoms with Gasteiger partial charge in [0.2, 0.25) is 0 Å². The van der Waals surface area contributed by atoms with Gasteiger partial charge in [-0.05, 0) is 39.8 Å². The van der Waals surface area contributed by atoms with E-state index in [1.807, 2.05) is 13.8 Å². The molecule has 3 N–H and O–H groups in total. The Morgan fingerprint density at radius 1 is 1.06 bits per heavy atom. The lowest BCUT2D eigenvalue weighted by molar-refractivity contribution is 0.123. The third-order valence-electron chi connectivity index (χ3n) is 2.72. The van der Waals surface area contributed by atoms with Crippen molar-refractivity contribution < 1.29 is 13.3 Å². The fourth-order valence-corrected chi connectivity index (χ4v) is 3.24. The minimum Gasteiger partial charge on any atom is -0.377 e. The Morgan fingerprint density at radius 2 is 1.59 bits per heavy atom. The molecule has 104 valence electrons. The summed E-state index contributed by atoms with van der Waals surface area (Å²) in [4.78, 5) is 0. The predicted molar refractivity (Wildman–Crippen MR) is 72.0 cm³/mol. The van der Waals surface area contributed by atoms with Crippen LogP contribution in [-0.4, -0.2) is 48.8 Å². The van der Waals surface area contributed by atoms with Gasteiger partial charge in [-0.1, -0.05) is 0 Å². The average molecular weight is 264 g/mol. The number of nitrogens with two attached hydrogens (primary N) is 1. The van der Waals surface area contributed by atoms with E-state index in [0.29, 0.717) is 0 Å². The Balaban J connectivity index is 3.63. The van der Waals surface area contributed by atoms with Gasteiger partial charge in [-0.2, -0.15) is 0 Å². The van der Waals surface area contributed by atoms with Crippen molar-refractivity contribution in [3.8, 4) is 0 Å². The fourth-order valence-electron chi connectivity index (χ4n) is 1.52. The van der Waals surface area contributed by atoms with Crippen molar-refractivity contribution in [2.75, 3.05) is 34.4 Å². The number of rotatable bonds is 10. The Morgan fingerprint density at radius 3 is 2.00 bits per heavy atom. The summed E-state index contributed by atoms with van der Waals surface area (Å²) in [5.74, 6) is 0. The van der Waals surface area contributed by atoms with Gasteiger partial charge >= 0.3 is 8.80 Å². The second-order valence-corrected chi connectivity index (χ2v) is 7.98. The predicted octanol–water partition coefficient (Wildman–Crippen LogP) is 0.972. The van der Waals surface area contributed by atoms with Crippen molar-refractivity contribution in [1.29, 1.82) is 0 Å². The highest BCUT2D eigenvalue weighted by atomic mass is 28.4. The van der Waals surface area contributed by atoms with Gasteiger partial charge in [0.25, 0.3) is 0 Å². The zero-order valence-corrected chi connectivity index (χ0v) is 12.8. The summed E-state index contributed by atoms with van der Waals surface area (Å²) >= 11 is 0. The Labute approximate surface area is 106 Å². The number of hydrogen-bond donors (Lipinski definition) is 2. The molecule has 17 heavy (non-hydrogen) atoms. The quantitative estimate of drug-likeness (QED) is 0.455. The van der Waals surface area contributed by atoms with E-state index in [4.69, 9.17) is 19.0 Å². The van der Waals surface area contributed by atoms with Crippen LogP contribution < -0.4 is 11.1 Å². The fraction of sp³-hybridized carbons (Fsp3) is 1.00. The molecular formula is C11H28N2O3Si. The highest BCUT2D eigenvalue weighted by Crippen LogP contribution is 2.14. The van der Waals surface area contributed by atoms with Gasteiger partial charge in [0.1, 0.15) is 0 Å². The van der Waals surface area contributed by atoms with E-state index in [-0.39, 0.29) is 5.54 Å². The van der Waals surface area contributed by atoms with E-state index in [1.54, 1.807) is 21.3 Å². The summed E-state index contributed by atoms with van der Waals surface area (Å²) in [5.41, 5.74) is 5.79. The first-order valence-corrected chi connectivity index (χ1v) is 7.97. The largest absolute Gasteiger partial charge is 0.500 e. The van der Waals surface area contributed by atoms with Gasteiger partial charge < -0.3 is 24.3 Å². The van der Waals surface area contributed by atoms with Crippen LogP contribution in [0.3, 0.4) is 0 Å². The molecule has 0 aliphatic carbocycles. The van der Waals surface area contributed by atoms with Crippen LogP contribution in [0.4, 0.5) is 0 Å². The topological polar surface area (TPSA) is 65.7 Å². The Hall–Kier alpha value is 0.0169. The lowest BCUT2D eigenvalue weighted by Crippen LogP contribution is -2.43. The molecule has 0 saturated carbocycles.